The van der Waals surface area contributed by atoms with Crippen molar-refractivity contribution in [1.29, 1.82) is 4.78 Å². The standard InChI is InChI=1S/C10H13NO3S/c1-14-10(12)7-8-3-5-9(6-4-8)15(2,11)13/h3-6,11H,7H2,1-2H3. The number of nitrogens with one attached hydrogen (secondary N) is 1. The molecule has 82 valence electrons. The molecule has 1 aromatic carbocycles. The van der Waals surface area contributed by atoms with E-state index in [0.29, 0.717) is 4.90 Å². The second kappa shape index (κ2) is 4.44. The topological polar surface area (TPSA) is 67.2 Å². The second-order valence-corrected chi connectivity index (χ2v) is 5.40. The molecule has 4 nitrogen and oxygen atoms in total. The number of hydrogen-bond acceptors (Lipinski definition) is 4. The first-order valence-electron chi connectivity index (χ1n) is 4.33. The molecular weight excluding hydrogens is 214 g/mol. The van der Waals surface area contributed by atoms with E-state index < -0.39 is 9.73 Å². The molecule has 5 heteroatoms. The van der Waals surface area contributed by atoms with Crippen molar-refractivity contribution in [2.75, 3.05) is 13.4 Å². The summed E-state index contributed by atoms with van der Waals surface area (Å²) in [6, 6.07) is 6.58. The molecule has 1 aromatic rings. The van der Waals surface area contributed by atoms with Gasteiger partial charge in [0.05, 0.1) is 23.3 Å². The first kappa shape index (κ1) is 11.7. The Labute approximate surface area is 89.2 Å². The van der Waals surface area contributed by atoms with E-state index in [9.17, 15) is 9.00 Å². The monoisotopic (exact) mass is 227 g/mol. The van der Waals surface area contributed by atoms with Crippen LogP contribution in [0, 0.1) is 4.78 Å². The Kier molecular flexibility index (Phi) is 3.47. The summed E-state index contributed by atoms with van der Waals surface area (Å²) in [5.74, 6) is -0.314. The number of ether oxygens (including phenoxy) is 1. The molecule has 1 rings (SSSR count). The van der Waals surface area contributed by atoms with Crippen molar-refractivity contribution in [1.82, 2.24) is 0 Å². The molecule has 0 radical (unpaired) electrons. The lowest BCUT2D eigenvalue weighted by atomic mass is 10.2. The minimum absolute atomic E-state index is 0.194. The van der Waals surface area contributed by atoms with E-state index >= 15 is 0 Å². The molecule has 0 fully saturated rings. The predicted octanol–water partition coefficient (Wildman–Crippen LogP) is 1.44. The van der Waals surface area contributed by atoms with Crippen LogP contribution in [-0.4, -0.2) is 23.5 Å². The molecule has 0 aliphatic rings. The Morgan fingerprint density at radius 3 is 2.33 bits per heavy atom. The Morgan fingerprint density at radius 1 is 1.40 bits per heavy atom. The number of methoxy groups -OCH3 is 1. The zero-order chi connectivity index (χ0) is 11.5. The highest BCUT2D eigenvalue weighted by Crippen LogP contribution is 2.11. The van der Waals surface area contributed by atoms with Gasteiger partial charge in [-0.25, -0.2) is 8.99 Å². The van der Waals surface area contributed by atoms with Gasteiger partial charge < -0.3 is 4.74 Å². The lowest BCUT2D eigenvalue weighted by Gasteiger charge is -2.03. The summed E-state index contributed by atoms with van der Waals surface area (Å²) in [6.45, 7) is 0. The summed E-state index contributed by atoms with van der Waals surface area (Å²) in [5, 5.41) is 0. The molecule has 1 unspecified atom stereocenters. The van der Waals surface area contributed by atoms with Crippen molar-refractivity contribution < 1.29 is 13.7 Å². The van der Waals surface area contributed by atoms with Crippen molar-refractivity contribution in [3.05, 3.63) is 29.8 Å². The quantitative estimate of drug-likeness (QED) is 0.794. The normalized spacial score (nSPS) is 14.3. The lowest BCUT2D eigenvalue weighted by Crippen LogP contribution is -2.04. The van der Waals surface area contributed by atoms with Crippen LogP contribution in [0.15, 0.2) is 29.2 Å². The summed E-state index contributed by atoms with van der Waals surface area (Å²) in [5.41, 5.74) is 0.786. The van der Waals surface area contributed by atoms with Gasteiger partial charge in [0.1, 0.15) is 0 Å². The van der Waals surface area contributed by atoms with E-state index in [1.165, 1.54) is 13.4 Å². The fourth-order valence-corrected chi connectivity index (χ4v) is 1.76. The maximum absolute atomic E-state index is 11.4. The Hall–Kier alpha value is -1.36. The molecule has 0 aromatic heterocycles. The SMILES string of the molecule is COC(=O)Cc1ccc(S(C)(=N)=O)cc1. The zero-order valence-corrected chi connectivity index (χ0v) is 9.47. The average Bonchev–Trinajstić information content (AvgIpc) is 2.17. The van der Waals surface area contributed by atoms with E-state index in [4.69, 9.17) is 4.78 Å². The van der Waals surface area contributed by atoms with Crippen LogP contribution >= 0.6 is 0 Å². The highest BCUT2D eigenvalue weighted by atomic mass is 32.2. The van der Waals surface area contributed by atoms with Gasteiger partial charge in [-0.15, -0.1) is 0 Å². The number of carbonyl (C=O) groups excluding carboxylic acids is 1. The van der Waals surface area contributed by atoms with Gasteiger partial charge in [-0.05, 0) is 17.7 Å². The van der Waals surface area contributed by atoms with Crippen LogP contribution in [0.5, 0.6) is 0 Å². The molecule has 0 saturated heterocycles. The maximum Gasteiger partial charge on any atom is 0.309 e. The number of rotatable bonds is 3. The molecule has 0 spiro atoms. The van der Waals surface area contributed by atoms with Crippen LogP contribution < -0.4 is 0 Å². The van der Waals surface area contributed by atoms with E-state index in [-0.39, 0.29) is 12.4 Å². The smallest absolute Gasteiger partial charge is 0.309 e. The van der Waals surface area contributed by atoms with Gasteiger partial charge in [-0.3, -0.25) is 4.79 Å². The third-order valence-electron chi connectivity index (χ3n) is 1.95. The van der Waals surface area contributed by atoms with Gasteiger partial charge in [0, 0.05) is 11.2 Å². The van der Waals surface area contributed by atoms with Crippen molar-refractivity contribution >= 4 is 15.7 Å². The van der Waals surface area contributed by atoms with Gasteiger partial charge in [-0.2, -0.15) is 0 Å². The lowest BCUT2D eigenvalue weighted by molar-refractivity contribution is -0.139. The molecule has 0 saturated carbocycles. The van der Waals surface area contributed by atoms with E-state index in [2.05, 4.69) is 4.74 Å². The third kappa shape index (κ3) is 3.36. The molecule has 0 bridgehead atoms. The van der Waals surface area contributed by atoms with Crippen molar-refractivity contribution in [3.8, 4) is 0 Å². The summed E-state index contributed by atoms with van der Waals surface area (Å²) in [4.78, 5) is 11.4. The number of esters is 1. The van der Waals surface area contributed by atoms with Gasteiger partial charge in [0.2, 0.25) is 0 Å². The highest BCUT2D eigenvalue weighted by Gasteiger charge is 2.05. The van der Waals surface area contributed by atoms with Crippen molar-refractivity contribution in [2.45, 2.75) is 11.3 Å². The van der Waals surface area contributed by atoms with Crippen LogP contribution in [0.4, 0.5) is 0 Å². The second-order valence-electron chi connectivity index (χ2n) is 3.24. The Bertz CT molecular complexity index is 448. The molecule has 1 atom stereocenters. The molecule has 15 heavy (non-hydrogen) atoms. The van der Waals surface area contributed by atoms with Crippen molar-refractivity contribution in [3.63, 3.8) is 0 Å². The minimum Gasteiger partial charge on any atom is -0.469 e. The van der Waals surface area contributed by atoms with Crippen LogP contribution in [0.25, 0.3) is 0 Å². The van der Waals surface area contributed by atoms with Gasteiger partial charge in [-0.1, -0.05) is 12.1 Å². The van der Waals surface area contributed by atoms with E-state index in [0.717, 1.165) is 5.56 Å². The van der Waals surface area contributed by atoms with Gasteiger partial charge in [0.25, 0.3) is 0 Å². The third-order valence-corrected chi connectivity index (χ3v) is 3.12. The van der Waals surface area contributed by atoms with Crippen LogP contribution in [-0.2, 0) is 25.7 Å². The average molecular weight is 227 g/mol. The molecular formula is C10H13NO3S. The molecule has 1 N–H and O–H groups in total. The number of benzene rings is 1. The first-order chi connectivity index (χ1) is 6.93. The van der Waals surface area contributed by atoms with Gasteiger partial charge >= 0.3 is 5.97 Å². The largest absolute Gasteiger partial charge is 0.469 e. The zero-order valence-electron chi connectivity index (χ0n) is 8.65. The fraction of sp³-hybridized carbons (Fsp3) is 0.300. The predicted molar refractivity (Wildman–Crippen MR) is 57.2 cm³/mol. The number of hydrogen-bond donors (Lipinski definition) is 1. The molecule has 0 amide bonds. The Balaban J connectivity index is 2.86. The molecule has 0 heterocycles. The minimum atomic E-state index is -2.67. The van der Waals surface area contributed by atoms with Crippen LogP contribution in [0.2, 0.25) is 0 Å². The fourth-order valence-electron chi connectivity index (χ4n) is 1.11. The van der Waals surface area contributed by atoms with Crippen molar-refractivity contribution in [2.24, 2.45) is 0 Å². The van der Waals surface area contributed by atoms with E-state index in [1.807, 2.05) is 0 Å². The van der Waals surface area contributed by atoms with Crippen LogP contribution in [0.1, 0.15) is 5.56 Å². The first-order valence-corrected chi connectivity index (χ1v) is 6.29. The Morgan fingerprint density at radius 2 is 1.93 bits per heavy atom. The summed E-state index contributed by atoms with van der Waals surface area (Å²) >= 11 is 0. The van der Waals surface area contributed by atoms with Crippen LogP contribution in [0.3, 0.4) is 0 Å². The van der Waals surface area contributed by atoms with E-state index in [1.54, 1.807) is 24.3 Å². The molecule has 0 aliphatic heterocycles. The van der Waals surface area contributed by atoms with Gasteiger partial charge in [0.15, 0.2) is 0 Å². The number of carbonyl (C=O) groups is 1. The molecule has 0 aliphatic carbocycles. The maximum atomic E-state index is 11.4. The highest BCUT2D eigenvalue weighted by molar-refractivity contribution is 7.91. The summed E-state index contributed by atoms with van der Waals surface area (Å²) in [7, 11) is -1.34. The summed E-state index contributed by atoms with van der Waals surface area (Å²) < 4.78 is 23.2. The summed E-state index contributed by atoms with van der Waals surface area (Å²) in [6.07, 6.45) is 1.56.